The summed E-state index contributed by atoms with van der Waals surface area (Å²) in [6.07, 6.45) is -4.85. The fourth-order valence-electron chi connectivity index (χ4n) is 1.70. The van der Waals surface area contributed by atoms with Crippen molar-refractivity contribution in [2.45, 2.75) is 12.8 Å². The largest absolute Gasteiger partial charge is 0.573 e. The highest BCUT2D eigenvalue weighted by Gasteiger charge is 2.31. The first-order valence-corrected chi connectivity index (χ1v) is 5.77. The molecule has 1 aromatic carbocycles. The van der Waals surface area contributed by atoms with Gasteiger partial charge in [-0.3, -0.25) is 0 Å². The van der Waals surface area contributed by atoms with Crippen molar-refractivity contribution < 1.29 is 22.3 Å². The van der Waals surface area contributed by atoms with Crippen LogP contribution >= 0.6 is 0 Å². The molecule has 0 N–H and O–H groups in total. The van der Waals surface area contributed by atoms with Crippen LogP contribution in [-0.4, -0.2) is 11.3 Å². The number of benzene rings is 1. The number of hydrogen-bond acceptors (Lipinski definition) is 3. The molecule has 7 heteroatoms. The lowest BCUT2D eigenvalue weighted by atomic mass is 10.1. The molecule has 1 aromatic heterocycles. The van der Waals surface area contributed by atoms with E-state index in [0.29, 0.717) is 5.69 Å². The molecule has 0 fully saturated rings. The zero-order valence-corrected chi connectivity index (χ0v) is 10.5. The van der Waals surface area contributed by atoms with Crippen molar-refractivity contribution in [3.05, 3.63) is 47.9 Å². The van der Waals surface area contributed by atoms with Crippen molar-refractivity contribution >= 4 is 0 Å². The number of nitriles is 1. The Labute approximate surface area is 117 Å². The highest BCUT2D eigenvalue weighted by atomic mass is 19.4. The van der Waals surface area contributed by atoms with Crippen LogP contribution in [-0.2, 0) is 6.42 Å². The van der Waals surface area contributed by atoms with Gasteiger partial charge >= 0.3 is 6.36 Å². The fourth-order valence-corrected chi connectivity index (χ4v) is 1.70. The quantitative estimate of drug-likeness (QED) is 0.808. The molecular formula is C14H8F4N2O. The van der Waals surface area contributed by atoms with Gasteiger partial charge in [-0.15, -0.1) is 13.2 Å². The van der Waals surface area contributed by atoms with Crippen LogP contribution in [0.5, 0.6) is 5.75 Å². The van der Waals surface area contributed by atoms with E-state index in [1.165, 1.54) is 18.2 Å². The van der Waals surface area contributed by atoms with Crippen LogP contribution in [0.3, 0.4) is 0 Å². The summed E-state index contributed by atoms with van der Waals surface area (Å²) >= 11 is 0. The van der Waals surface area contributed by atoms with Crippen LogP contribution in [0, 0.1) is 17.1 Å². The number of nitrogens with zero attached hydrogens (tertiary/aromatic N) is 2. The van der Waals surface area contributed by atoms with Gasteiger partial charge in [0.1, 0.15) is 17.3 Å². The van der Waals surface area contributed by atoms with Crippen LogP contribution in [0.1, 0.15) is 5.69 Å². The number of ether oxygens (including phenoxy) is 1. The lowest BCUT2D eigenvalue weighted by Crippen LogP contribution is -2.17. The van der Waals surface area contributed by atoms with E-state index in [-0.39, 0.29) is 17.7 Å². The van der Waals surface area contributed by atoms with Crippen LogP contribution in [0.25, 0.3) is 11.3 Å². The Kier molecular flexibility index (Phi) is 4.08. The predicted molar refractivity (Wildman–Crippen MR) is 65.6 cm³/mol. The Balaban J connectivity index is 2.40. The van der Waals surface area contributed by atoms with E-state index in [1.807, 2.05) is 6.07 Å². The van der Waals surface area contributed by atoms with Gasteiger partial charge in [-0.05, 0) is 24.3 Å². The molecule has 0 spiro atoms. The molecule has 0 saturated carbocycles. The Hall–Kier alpha value is -2.62. The van der Waals surface area contributed by atoms with Crippen LogP contribution in [0.4, 0.5) is 17.6 Å². The van der Waals surface area contributed by atoms with E-state index in [4.69, 9.17) is 5.26 Å². The van der Waals surface area contributed by atoms with Gasteiger partial charge in [0.05, 0.1) is 18.2 Å². The maximum atomic E-state index is 13.8. The number of pyridine rings is 1. The van der Waals surface area contributed by atoms with E-state index < -0.39 is 17.9 Å². The molecular weight excluding hydrogens is 288 g/mol. The molecule has 0 aliphatic carbocycles. The Bertz CT molecular complexity index is 692. The first-order valence-electron chi connectivity index (χ1n) is 5.77. The van der Waals surface area contributed by atoms with Gasteiger partial charge in [-0.1, -0.05) is 12.1 Å². The van der Waals surface area contributed by atoms with Gasteiger partial charge < -0.3 is 4.74 Å². The van der Waals surface area contributed by atoms with Crippen molar-refractivity contribution in [1.82, 2.24) is 4.98 Å². The van der Waals surface area contributed by atoms with Gasteiger partial charge in [0.15, 0.2) is 0 Å². The Morgan fingerprint density at radius 3 is 2.62 bits per heavy atom. The minimum atomic E-state index is -4.83. The van der Waals surface area contributed by atoms with E-state index in [1.54, 1.807) is 0 Å². The van der Waals surface area contributed by atoms with Crippen molar-refractivity contribution in [2.24, 2.45) is 0 Å². The molecule has 1 heterocycles. The second kappa shape index (κ2) is 5.79. The van der Waals surface area contributed by atoms with E-state index in [9.17, 15) is 17.6 Å². The molecule has 0 amide bonds. The number of halogens is 4. The lowest BCUT2D eigenvalue weighted by Gasteiger charge is -2.10. The van der Waals surface area contributed by atoms with E-state index in [0.717, 1.165) is 18.2 Å². The summed E-state index contributed by atoms with van der Waals surface area (Å²) in [5.74, 6) is -1.16. The Morgan fingerprint density at radius 2 is 1.95 bits per heavy atom. The standard InChI is InChI=1S/C14H8F4N2O/c15-12-5-4-10(6-7-19)20-13(12)9-2-1-3-11(8-9)21-14(16,17)18/h1-5,8H,6H2. The smallest absolute Gasteiger partial charge is 0.406 e. The molecule has 3 nitrogen and oxygen atoms in total. The molecule has 21 heavy (non-hydrogen) atoms. The molecule has 2 rings (SSSR count). The molecule has 108 valence electrons. The third kappa shape index (κ3) is 3.92. The second-order valence-electron chi connectivity index (χ2n) is 4.04. The van der Waals surface area contributed by atoms with Gasteiger partial charge in [0.25, 0.3) is 0 Å². The second-order valence-corrected chi connectivity index (χ2v) is 4.04. The minimum absolute atomic E-state index is 0.0218. The first-order chi connectivity index (χ1) is 9.89. The lowest BCUT2D eigenvalue weighted by molar-refractivity contribution is -0.274. The molecule has 0 radical (unpaired) electrons. The summed E-state index contributed by atoms with van der Waals surface area (Å²) in [7, 11) is 0. The fraction of sp³-hybridized carbons (Fsp3) is 0.143. The molecule has 0 atom stereocenters. The summed E-state index contributed by atoms with van der Waals surface area (Å²) in [6, 6.07) is 9.18. The molecule has 0 bridgehead atoms. The predicted octanol–water partition coefficient (Wildman–Crippen LogP) is 3.85. The molecule has 2 aromatic rings. The van der Waals surface area contributed by atoms with Crippen LogP contribution in [0.2, 0.25) is 0 Å². The maximum Gasteiger partial charge on any atom is 0.573 e. The SMILES string of the molecule is N#CCc1ccc(F)c(-c2cccc(OC(F)(F)F)c2)n1. The zero-order chi connectivity index (χ0) is 15.5. The first kappa shape index (κ1) is 14.8. The molecule has 0 aliphatic heterocycles. The van der Waals surface area contributed by atoms with Crippen molar-refractivity contribution in [2.75, 3.05) is 0 Å². The van der Waals surface area contributed by atoms with E-state index in [2.05, 4.69) is 9.72 Å². The summed E-state index contributed by atoms with van der Waals surface area (Å²) in [5, 5.41) is 8.59. The van der Waals surface area contributed by atoms with Crippen molar-refractivity contribution in [1.29, 1.82) is 5.26 Å². The average Bonchev–Trinajstić information content (AvgIpc) is 2.39. The van der Waals surface area contributed by atoms with Crippen molar-refractivity contribution in [3.63, 3.8) is 0 Å². The van der Waals surface area contributed by atoms with Crippen molar-refractivity contribution in [3.8, 4) is 23.1 Å². The third-order valence-corrected chi connectivity index (χ3v) is 2.50. The van der Waals surface area contributed by atoms with Gasteiger partial charge in [-0.2, -0.15) is 5.26 Å². The normalized spacial score (nSPS) is 11.0. The molecule has 0 unspecified atom stereocenters. The highest BCUT2D eigenvalue weighted by molar-refractivity contribution is 5.62. The summed E-state index contributed by atoms with van der Waals surface area (Å²) in [5.41, 5.74) is 0.334. The summed E-state index contributed by atoms with van der Waals surface area (Å²) in [6.45, 7) is 0. The van der Waals surface area contributed by atoms with Gasteiger partial charge in [0.2, 0.25) is 0 Å². The van der Waals surface area contributed by atoms with E-state index >= 15 is 0 Å². The number of rotatable bonds is 3. The summed E-state index contributed by atoms with van der Waals surface area (Å²) in [4.78, 5) is 3.94. The third-order valence-electron chi connectivity index (χ3n) is 2.50. The monoisotopic (exact) mass is 296 g/mol. The topological polar surface area (TPSA) is 45.9 Å². The summed E-state index contributed by atoms with van der Waals surface area (Å²) < 4.78 is 54.0. The van der Waals surface area contributed by atoms with Crippen LogP contribution < -0.4 is 4.74 Å². The van der Waals surface area contributed by atoms with Crippen LogP contribution in [0.15, 0.2) is 36.4 Å². The maximum absolute atomic E-state index is 13.8. The Morgan fingerprint density at radius 1 is 1.19 bits per heavy atom. The molecule has 0 saturated heterocycles. The van der Waals surface area contributed by atoms with Gasteiger partial charge in [0, 0.05) is 5.56 Å². The number of alkyl halides is 3. The number of hydrogen-bond donors (Lipinski definition) is 0. The zero-order valence-electron chi connectivity index (χ0n) is 10.5. The number of aromatic nitrogens is 1. The minimum Gasteiger partial charge on any atom is -0.406 e. The van der Waals surface area contributed by atoms with Gasteiger partial charge in [-0.25, -0.2) is 9.37 Å². The highest BCUT2D eigenvalue weighted by Crippen LogP contribution is 2.28. The average molecular weight is 296 g/mol. The molecule has 0 aliphatic rings.